The number of carbonyl (C=O) groups is 1. The number of benzene rings is 1. The Kier molecular flexibility index (Phi) is 7.59. The minimum absolute atomic E-state index is 0.00996. The van der Waals surface area contributed by atoms with Crippen molar-refractivity contribution in [1.82, 2.24) is 15.8 Å². The molecule has 0 bridgehead atoms. The van der Waals surface area contributed by atoms with Crippen LogP contribution in [0.3, 0.4) is 0 Å². The highest BCUT2D eigenvalue weighted by molar-refractivity contribution is 7.80. The first kappa shape index (κ1) is 22.2. The molecule has 0 unspecified atom stereocenters. The minimum atomic E-state index is -4.46. The Bertz CT molecular complexity index is 830. The van der Waals surface area contributed by atoms with Crippen LogP contribution in [0.25, 0.3) is 0 Å². The molecule has 2 aromatic rings. The van der Waals surface area contributed by atoms with Crippen LogP contribution in [0.5, 0.6) is 17.4 Å². The van der Waals surface area contributed by atoms with E-state index in [4.69, 9.17) is 26.4 Å². The van der Waals surface area contributed by atoms with Crippen molar-refractivity contribution in [2.75, 3.05) is 6.61 Å². The van der Waals surface area contributed by atoms with Crippen LogP contribution in [-0.4, -0.2) is 28.8 Å². The molecule has 0 saturated heterocycles. The first-order valence-corrected chi connectivity index (χ1v) is 8.80. The number of halogens is 3. The standard InChI is InChI=1S/C18H18F3N3O4S/c1-3-26-17(29)24-23-16(25)11(2)27-13-5-7-14(8-6-13)28-15-9-4-12(10-22-15)18(19,20)21/h4-11H,3H2,1-2H3,(H,23,25)(H,24,29)/t11-/m1/s1. The second-order valence-electron chi connectivity index (χ2n) is 5.55. The van der Waals surface area contributed by atoms with Crippen molar-refractivity contribution in [1.29, 1.82) is 0 Å². The van der Waals surface area contributed by atoms with Crippen LogP contribution in [-0.2, 0) is 15.7 Å². The van der Waals surface area contributed by atoms with Gasteiger partial charge in [-0.2, -0.15) is 13.2 Å². The lowest BCUT2D eigenvalue weighted by Crippen LogP contribution is -2.47. The fourth-order valence-electron chi connectivity index (χ4n) is 1.95. The Morgan fingerprint density at radius 3 is 2.34 bits per heavy atom. The zero-order chi connectivity index (χ0) is 21.4. The number of nitrogens with zero attached hydrogens (tertiary/aromatic N) is 1. The van der Waals surface area contributed by atoms with Gasteiger partial charge in [0, 0.05) is 12.3 Å². The van der Waals surface area contributed by atoms with Crippen molar-refractivity contribution < 1.29 is 32.2 Å². The van der Waals surface area contributed by atoms with Crippen molar-refractivity contribution in [2.45, 2.75) is 26.1 Å². The van der Waals surface area contributed by atoms with Gasteiger partial charge in [0.2, 0.25) is 5.88 Å². The zero-order valence-electron chi connectivity index (χ0n) is 15.4. The van der Waals surface area contributed by atoms with E-state index in [0.717, 1.165) is 12.1 Å². The molecule has 0 aliphatic heterocycles. The molecule has 1 amide bonds. The number of amides is 1. The summed E-state index contributed by atoms with van der Waals surface area (Å²) in [6.45, 7) is 3.66. The molecule has 7 nitrogen and oxygen atoms in total. The van der Waals surface area contributed by atoms with E-state index >= 15 is 0 Å². The maximum absolute atomic E-state index is 12.5. The monoisotopic (exact) mass is 429 g/mol. The number of ether oxygens (including phenoxy) is 3. The van der Waals surface area contributed by atoms with Gasteiger partial charge in [0.15, 0.2) is 6.10 Å². The molecule has 0 saturated carbocycles. The molecule has 0 radical (unpaired) electrons. The second-order valence-corrected chi connectivity index (χ2v) is 5.92. The van der Waals surface area contributed by atoms with Gasteiger partial charge in [0.1, 0.15) is 11.5 Å². The lowest BCUT2D eigenvalue weighted by atomic mass is 10.3. The Morgan fingerprint density at radius 2 is 1.79 bits per heavy atom. The van der Waals surface area contributed by atoms with E-state index in [1.807, 2.05) is 0 Å². The van der Waals surface area contributed by atoms with E-state index in [2.05, 4.69) is 15.8 Å². The largest absolute Gasteiger partial charge is 0.481 e. The summed E-state index contributed by atoms with van der Waals surface area (Å²) in [7, 11) is 0. The normalized spacial score (nSPS) is 11.9. The Morgan fingerprint density at radius 1 is 1.14 bits per heavy atom. The van der Waals surface area contributed by atoms with E-state index in [-0.39, 0.29) is 11.1 Å². The van der Waals surface area contributed by atoms with Crippen molar-refractivity contribution in [3.05, 3.63) is 48.2 Å². The fraction of sp³-hybridized carbons (Fsp3) is 0.278. The van der Waals surface area contributed by atoms with Gasteiger partial charge in [-0.05, 0) is 56.4 Å². The number of hydrazine groups is 1. The first-order chi connectivity index (χ1) is 13.7. The highest BCUT2D eigenvalue weighted by Crippen LogP contribution is 2.30. The predicted molar refractivity (Wildman–Crippen MR) is 101 cm³/mol. The number of pyridine rings is 1. The maximum atomic E-state index is 12.5. The number of nitrogens with one attached hydrogen (secondary N) is 2. The highest BCUT2D eigenvalue weighted by Gasteiger charge is 2.30. The summed E-state index contributed by atoms with van der Waals surface area (Å²) in [6, 6.07) is 8.15. The molecule has 0 aliphatic rings. The molecular formula is C18H18F3N3O4S. The van der Waals surface area contributed by atoms with Gasteiger partial charge in [-0.1, -0.05) is 0 Å². The smallest absolute Gasteiger partial charge is 0.417 e. The SMILES string of the molecule is CCOC(=S)NNC(=O)[C@@H](C)Oc1ccc(Oc2ccc(C(F)(F)F)cn2)cc1. The van der Waals surface area contributed by atoms with Gasteiger partial charge in [0.05, 0.1) is 12.2 Å². The molecule has 2 N–H and O–H groups in total. The topological polar surface area (TPSA) is 81.7 Å². The Balaban J connectivity index is 1.88. The van der Waals surface area contributed by atoms with E-state index in [1.54, 1.807) is 19.1 Å². The third-order valence-corrected chi connectivity index (χ3v) is 3.58. The molecule has 1 aromatic carbocycles. The minimum Gasteiger partial charge on any atom is -0.481 e. The number of rotatable bonds is 6. The van der Waals surface area contributed by atoms with Crippen molar-refractivity contribution in [3.63, 3.8) is 0 Å². The van der Waals surface area contributed by atoms with E-state index < -0.39 is 23.8 Å². The van der Waals surface area contributed by atoms with Crippen LogP contribution >= 0.6 is 12.2 Å². The number of hydrogen-bond acceptors (Lipinski definition) is 6. The number of carbonyl (C=O) groups excluding carboxylic acids is 1. The number of hydrogen-bond donors (Lipinski definition) is 2. The lowest BCUT2D eigenvalue weighted by Gasteiger charge is -2.16. The van der Waals surface area contributed by atoms with Gasteiger partial charge in [-0.15, -0.1) is 0 Å². The number of thiocarbonyl (C=S) groups is 1. The third-order valence-electron chi connectivity index (χ3n) is 3.36. The number of aromatic nitrogens is 1. The summed E-state index contributed by atoms with van der Waals surface area (Å²) in [4.78, 5) is 15.6. The molecule has 156 valence electrons. The molecule has 1 heterocycles. The lowest BCUT2D eigenvalue weighted by molar-refractivity contribution is -0.137. The highest BCUT2D eigenvalue weighted by atomic mass is 32.1. The van der Waals surface area contributed by atoms with E-state index in [0.29, 0.717) is 24.3 Å². The van der Waals surface area contributed by atoms with E-state index in [9.17, 15) is 18.0 Å². The molecule has 0 aliphatic carbocycles. The molecule has 1 atom stereocenters. The zero-order valence-corrected chi connectivity index (χ0v) is 16.3. The summed E-state index contributed by atoms with van der Waals surface area (Å²) < 4.78 is 53.5. The summed E-state index contributed by atoms with van der Waals surface area (Å²) in [5.74, 6) is 0.260. The van der Waals surface area contributed by atoms with Crippen molar-refractivity contribution in [3.8, 4) is 17.4 Å². The molecule has 0 fully saturated rings. The van der Waals surface area contributed by atoms with Crippen molar-refractivity contribution >= 4 is 23.3 Å². The van der Waals surface area contributed by atoms with Crippen LogP contribution in [0.4, 0.5) is 13.2 Å². The molecule has 11 heteroatoms. The summed E-state index contributed by atoms with van der Waals surface area (Å²) in [5, 5.41) is 0.0337. The summed E-state index contributed by atoms with van der Waals surface area (Å²) >= 11 is 4.82. The average Bonchev–Trinajstić information content (AvgIpc) is 2.67. The van der Waals surface area contributed by atoms with Gasteiger partial charge in [-0.3, -0.25) is 15.6 Å². The van der Waals surface area contributed by atoms with Gasteiger partial charge in [-0.25, -0.2) is 4.98 Å². The van der Waals surface area contributed by atoms with Crippen molar-refractivity contribution in [2.24, 2.45) is 0 Å². The first-order valence-electron chi connectivity index (χ1n) is 8.39. The third kappa shape index (κ3) is 7.11. The molecule has 29 heavy (non-hydrogen) atoms. The summed E-state index contributed by atoms with van der Waals surface area (Å²) in [5.41, 5.74) is 3.92. The Hall–Kier alpha value is -3.08. The predicted octanol–water partition coefficient (Wildman–Crippen LogP) is 3.60. The van der Waals surface area contributed by atoms with Gasteiger partial charge >= 0.3 is 6.18 Å². The molecule has 1 aromatic heterocycles. The Labute approximate surface area is 170 Å². The molecule has 2 rings (SSSR count). The molecular weight excluding hydrogens is 411 g/mol. The quantitative estimate of drug-likeness (QED) is 0.536. The fourth-order valence-corrected chi connectivity index (χ4v) is 2.12. The average molecular weight is 429 g/mol. The number of alkyl halides is 3. The van der Waals surface area contributed by atoms with Gasteiger partial charge in [0.25, 0.3) is 11.1 Å². The second kappa shape index (κ2) is 9.92. The van der Waals surface area contributed by atoms with Crippen LogP contribution in [0.2, 0.25) is 0 Å². The van der Waals surface area contributed by atoms with Gasteiger partial charge < -0.3 is 14.2 Å². The van der Waals surface area contributed by atoms with E-state index in [1.165, 1.54) is 19.1 Å². The van der Waals surface area contributed by atoms with Crippen LogP contribution < -0.4 is 20.3 Å². The van der Waals surface area contributed by atoms with Crippen LogP contribution in [0, 0.1) is 0 Å². The van der Waals surface area contributed by atoms with Crippen LogP contribution in [0.1, 0.15) is 19.4 Å². The summed E-state index contributed by atoms with van der Waals surface area (Å²) in [6.07, 6.45) is -4.61. The molecule has 0 spiro atoms. The maximum Gasteiger partial charge on any atom is 0.417 e. The van der Waals surface area contributed by atoms with Crippen LogP contribution in [0.15, 0.2) is 42.6 Å².